The summed E-state index contributed by atoms with van der Waals surface area (Å²) in [5.41, 5.74) is 2.24. The summed E-state index contributed by atoms with van der Waals surface area (Å²) in [6.07, 6.45) is 4.00. The van der Waals surface area contributed by atoms with Gasteiger partial charge in [-0.15, -0.1) is 0 Å². The molecule has 0 bridgehead atoms. The topological polar surface area (TPSA) is 53.0 Å². The van der Waals surface area contributed by atoms with Crippen LogP contribution in [0.3, 0.4) is 0 Å². The van der Waals surface area contributed by atoms with Crippen molar-refractivity contribution in [3.05, 3.63) is 29.3 Å². The molecule has 5 heteroatoms. The van der Waals surface area contributed by atoms with Crippen LogP contribution >= 0.6 is 0 Å². The van der Waals surface area contributed by atoms with Crippen LogP contribution in [-0.2, 0) is 4.79 Å². The minimum atomic E-state index is -0.521. The van der Waals surface area contributed by atoms with Crippen LogP contribution in [0.4, 0.5) is 0 Å². The highest BCUT2D eigenvalue weighted by Crippen LogP contribution is 2.27. The van der Waals surface area contributed by atoms with Crippen molar-refractivity contribution in [3.8, 4) is 5.75 Å². The molecule has 2 fully saturated rings. The van der Waals surface area contributed by atoms with Crippen molar-refractivity contribution >= 4 is 5.91 Å². The average molecular weight is 360 g/mol. The Morgan fingerprint density at radius 2 is 1.88 bits per heavy atom. The van der Waals surface area contributed by atoms with Crippen molar-refractivity contribution < 1.29 is 14.6 Å². The molecule has 1 heterocycles. The van der Waals surface area contributed by atoms with Crippen molar-refractivity contribution in [1.29, 1.82) is 0 Å². The summed E-state index contributed by atoms with van der Waals surface area (Å²) >= 11 is 0. The van der Waals surface area contributed by atoms with E-state index in [-0.39, 0.29) is 5.92 Å². The fourth-order valence-electron chi connectivity index (χ4n) is 3.98. The molecule has 1 aliphatic carbocycles. The van der Waals surface area contributed by atoms with E-state index in [9.17, 15) is 9.90 Å². The number of β-amino-alcohol motifs (C(OH)–C–C–N with tert-alkyl or cyclic N) is 1. The van der Waals surface area contributed by atoms with Gasteiger partial charge in [-0.3, -0.25) is 9.69 Å². The Kier molecular flexibility index (Phi) is 6.54. The molecule has 1 aromatic carbocycles. The molecule has 5 nitrogen and oxygen atoms in total. The van der Waals surface area contributed by atoms with E-state index in [4.69, 9.17) is 4.74 Å². The van der Waals surface area contributed by atoms with E-state index < -0.39 is 6.10 Å². The van der Waals surface area contributed by atoms with Gasteiger partial charge in [0.1, 0.15) is 18.5 Å². The molecular weight excluding hydrogens is 328 g/mol. The number of amides is 1. The van der Waals surface area contributed by atoms with E-state index in [0.717, 1.165) is 55.9 Å². The molecule has 1 amide bonds. The van der Waals surface area contributed by atoms with E-state index in [1.165, 1.54) is 12.8 Å². The standard InChI is InChI=1S/C21H32N2O3/c1-16-7-8-17(2)20(13-16)26-15-19(24)14-22-9-11-23(12-10-22)21(25)18-5-3-4-6-18/h7-8,13,18-19,24H,3-6,9-12,14-15H2,1-2H3. The second-order valence-corrected chi connectivity index (χ2v) is 7.84. The molecular formula is C21H32N2O3. The number of rotatable bonds is 6. The molecule has 3 rings (SSSR count). The van der Waals surface area contributed by atoms with Crippen molar-refractivity contribution in [1.82, 2.24) is 9.80 Å². The molecule has 0 aromatic heterocycles. The van der Waals surface area contributed by atoms with Gasteiger partial charge in [0.2, 0.25) is 5.91 Å². The summed E-state index contributed by atoms with van der Waals surface area (Å²) in [6.45, 7) is 8.16. The molecule has 1 atom stereocenters. The first-order chi connectivity index (χ1) is 12.5. The summed E-state index contributed by atoms with van der Waals surface area (Å²) in [7, 11) is 0. The Hall–Kier alpha value is -1.59. The second-order valence-electron chi connectivity index (χ2n) is 7.84. The fraction of sp³-hybridized carbons (Fsp3) is 0.667. The Bertz CT molecular complexity index is 605. The molecule has 1 aromatic rings. The number of piperazine rings is 1. The number of hydrogen-bond acceptors (Lipinski definition) is 4. The average Bonchev–Trinajstić information content (AvgIpc) is 3.17. The molecule has 26 heavy (non-hydrogen) atoms. The fourth-order valence-corrected chi connectivity index (χ4v) is 3.98. The Morgan fingerprint density at radius 3 is 2.58 bits per heavy atom. The van der Waals surface area contributed by atoms with Gasteiger partial charge in [0, 0.05) is 38.6 Å². The van der Waals surface area contributed by atoms with Crippen LogP contribution in [-0.4, -0.2) is 66.2 Å². The van der Waals surface area contributed by atoms with Gasteiger partial charge in [-0.2, -0.15) is 0 Å². The minimum absolute atomic E-state index is 0.262. The molecule has 0 spiro atoms. The third-order valence-electron chi connectivity index (χ3n) is 5.63. The van der Waals surface area contributed by atoms with Gasteiger partial charge in [-0.05, 0) is 43.9 Å². The Labute approximate surface area is 156 Å². The van der Waals surface area contributed by atoms with Crippen molar-refractivity contribution in [2.45, 2.75) is 45.6 Å². The summed E-state index contributed by atoms with van der Waals surface area (Å²) in [4.78, 5) is 16.7. The van der Waals surface area contributed by atoms with Gasteiger partial charge in [-0.25, -0.2) is 0 Å². The maximum Gasteiger partial charge on any atom is 0.225 e. The minimum Gasteiger partial charge on any atom is -0.491 e. The normalized spacial score (nSPS) is 20.3. The maximum atomic E-state index is 12.5. The highest BCUT2D eigenvalue weighted by atomic mass is 16.5. The summed E-state index contributed by atoms with van der Waals surface area (Å²) in [5, 5.41) is 10.3. The predicted molar refractivity (Wildman–Crippen MR) is 102 cm³/mol. The monoisotopic (exact) mass is 360 g/mol. The molecule has 1 saturated carbocycles. The van der Waals surface area contributed by atoms with Crippen LogP contribution in [0, 0.1) is 19.8 Å². The highest BCUT2D eigenvalue weighted by Gasteiger charge is 2.29. The number of ether oxygens (including phenoxy) is 1. The van der Waals surface area contributed by atoms with Crippen LogP contribution in [0.25, 0.3) is 0 Å². The number of aliphatic hydroxyl groups is 1. The Morgan fingerprint density at radius 1 is 1.19 bits per heavy atom. The molecule has 0 radical (unpaired) electrons. The SMILES string of the molecule is Cc1ccc(C)c(OCC(O)CN2CCN(C(=O)C3CCCC3)CC2)c1. The van der Waals surface area contributed by atoms with Crippen LogP contribution in [0.5, 0.6) is 5.75 Å². The summed E-state index contributed by atoms with van der Waals surface area (Å²) in [5.74, 6) is 1.45. The molecule has 144 valence electrons. The van der Waals surface area contributed by atoms with Crippen LogP contribution in [0.1, 0.15) is 36.8 Å². The number of carbonyl (C=O) groups excluding carboxylic acids is 1. The number of aryl methyl sites for hydroxylation is 2. The second kappa shape index (κ2) is 8.87. The van der Waals surface area contributed by atoms with E-state index in [1.54, 1.807) is 0 Å². The first-order valence-electron chi connectivity index (χ1n) is 9.92. The quantitative estimate of drug-likeness (QED) is 0.846. The summed E-state index contributed by atoms with van der Waals surface area (Å²) in [6, 6.07) is 6.11. The zero-order chi connectivity index (χ0) is 18.5. The Balaban J connectivity index is 1.39. The number of hydrogen-bond donors (Lipinski definition) is 1. The molecule has 1 aliphatic heterocycles. The molecule has 1 saturated heterocycles. The zero-order valence-corrected chi connectivity index (χ0v) is 16.1. The molecule has 2 aliphatic rings. The number of benzene rings is 1. The lowest BCUT2D eigenvalue weighted by atomic mass is 10.1. The van der Waals surface area contributed by atoms with E-state index in [0.29, 0.717) is 19.1 Å². The van der Waals surface area contributed by atoms with E-state index in [2.05, 4.69) is 11.0 Å². The molecule has 1 N–H and O–H groups in total. The van der Waals surface area contributed by atoms with Crippen LogP contribution in [0.2, 0.25) is 0 Å². The van der Waals surface area contributed by atoms with Crippen molar-refractivity contribution in [2.75, 3.05) is 39.3 Å². The van der Waals surface area contributed by atoms with Gasteiger partial charge in [-0.1, -0.05) is 25.0 Å². The van der Waals surface area contributed by atoms with E-state index in [1.807, 2.05) is 30.9 Å². The third kappa shape index (κ3) is 4.98. The largest absolute Gasteiger partial charge is 0.491 e. The highest BCUT2D eigenvalue weighted by molar-refractivity contribution is 5.79. The summed E-state index contributed by atoms with van der Waals surface area (Å²) < 4.78 is 5.81. The predicted octanol–water partition coefficient (Wildman–Crippen LogP) is 2.38. The van der Waals surface area contributed by atoms with Gasteiger partial charge in [0.05, 0.1) is 0 Å². The van der Waals surface area contributed by atoms with Crippen LogP contribution < -0.4 is 4.74 Å². The van der Waals surface area contributed by atoms with Gasteiger partial charge < -0.3 is 14.7 Å². The van der Waals surface area contributed by atoms with Gasteiger partial charge in [0.25, 0.3) is 0 Å². The first-order valence-corrected chi connectivity index (χ1v) is 9.92. The smallest absolute Gasteiger partial charge is 0.225 e. The lowest BCUT2D eigenvalue weighted by Crippen LogP contribution is -2.52. The number of carbonyl (C=O) groups is 1. The van der Waals surface area contributed by atoms with Crippen molar-refractivity contribution in [2.24, 2.45) is 5.92 Å². The van der Waals surface area contributed by atoms with Crippen molar-refractivity contribution in [3.63, 3.8) is 0 Å². The lowest BCUT2D eigenvalue weighted by Gasteiger charge is -2.36. The van der Waals surface area contributed by atoms with E-state index >= 15 is 0 Å². The zero-order valence-electron chi connectivity index (χ0n) is 16.1. The lowest BCUT2D eigenvalue weighted by molar-refractivity contribution is -0.137. The number of nitrogens with zero attached hydrogens (tertiary/aromatic N) is 2. The molecule has 1 unspecified atom stereocenters. The van der Waals surface area contributed by atoms with Gasteiger partial charge in [0.15, 0.2) is 0 Å². The number of aliphatic hydroxyl groups excluding tert-OH is 1. The maximum absolute atomic E-state index is 12.5. The van der Waals surface area contributed by atoms with Crippen LogP contribution in [0.15, 0.2) is 18.2 Å². The third-order valence-corrected chi connectivity index (χ3v) is 5.63. The van der Waals surface area contributed by atoms with Gasteiger partial charge >= 0.3 is 0 Å². The first kappa shape index (κ1) is 19.2.